The van der Waals surface area contributed by atoms with E-state index in [9.17, 15) is 22.0 Å². The minimum absolute atomic E-state index is 0.250. The predicted octanol–water partition coefficient (Wildman–Crippen LogP) is 34.9. The van der Waals surface area contributed by atoms with E-state index in [4.69, 9.17) is 0 Å². The van der Waals surface area contributed by atoms with Crippen molar-refractivity contribution >= 4 is 0 Å². The average molecular weight is 1820 g/mol. The lowest BCUT2D eigenvalue weighted by Crippen LogP contribution is -2.40. The van der Waals surface area contributed by atoms with Crippen molar-refractivity contribution < 1.29 is 22.0 Å². The van der Waals surface area contributed by atoms with Gasteiger partial charge in [-0.25, -0.2) is 8.78 Å². The second-order valence-corrected chi connectivity index (χ2v) is 38.4. The molecule has 0 nitrogen and oxygen atoms in total. The SMILES string of the molecule is Cc1ccc(C(C)(c2ccc(C)cc2)C(F)(F)F)cc1.Cc1ccc(C(c2ccccc2)(c2ccccc2)c2ccc(C)cc2)cc1.Cc1ccc(C2(c3ccc(C)c(F)c3)c3ccccc3-c3ccccc32)cc1F.Cc1ccc(C2(c3ccc(C)cc3)CCCCC2)cc1.Cc1ccc(C2(c3ccc(C)cc3)c3ccccc3-c3ccccc32)cc1.Cc1ccc(Cc2ccc(C)cc2)cc1. The lowest BCUT2D eigenvalue weighted by atomic mass is 9.65. The summed E-state index contributed by atoms with van der Waals surface area (Å²) in [6, 6.07) is 152. The van der Waals surface area contributed by atoms with Crippen molar-refractivity contribution in [1.29, 1.82) is 0 Å². The Morgan fingerprint density at radius 1 is 0.225 bits per heavy atom. The quantitative estimate of drug-likeness (QED) is 0.0752. The molecule has 0 N–H and O–H groups in total. The van der Waals surface area contributed by atoms with Crippen LogP contribution in [0.15, 0.2) is 437 Å². The fourth-order valence-electron chi connectivity index (χ4n) is 20.9. The molecular formula is C133H123F5. The third-order valence-corrected chi connectivity index (χ3v) is 28.9. The fraction of sp³-hybridized carbons (Fsp3) is 0.188. The first-order valence-corrected chi connectivity index (χ1v) is 48.4. The summed E-state index contributed by atoms with van der Waals surface area (Å²) in [4.78, 5) is 0. The molecule has 21 rings (SSSR count). The summed E-state index contributed by atoms with van der Waals surface area (Å²) in [5, 5.41) is 0. The van der Waals surface area contributed by atoms with E-state index in [-0.39, 0.29) is 39.0 Å². The summed E-state index contributed by atoms with van der Waals surface area (Å²) in [5.74, 6) is -0.507. The van der Waals surface area contributed by atoms with E-state index >= 15 is 0 Å². The zero-order valence-electron chi connectivity index (χ0n) is 81.7. The van der Waals surface area contributed by atoms with Crippen molar-refractivity contribution in [3.8, 4) is 22.3 Å². The van der Waals surface area contributed by atoms with E-state index in [0.29, 0.717) is 11.1 Å². The number of fused-ring (bicyclic) bond motifs is 6. The molecule has 0 aromatic heterocycles. The zero-order chi connectivity index (χ0) is 96.9. The first-order chi connectivity index (χ1) is 66.6. The first kappa shape index (κ1) is 96.7. The number of aryl methyl sites for hydroxylation is 12. The Morgan fingerprint density at radius 2 is 0.449 bits per heavy atom. The Hall–Kier alpha value is -14.4. The Morgan fingerprint density at radius 3 is 0.725 bits per heavy atom. The van der Waals surface area contributed by atoms with Crippen LogP contribution in [0, 0.1) is 94.7 Å². The van der Waals surface area contributed by atoms with Crippen LogP contribution in [0.5, 0.6) is 0 Å². The molecule has 0 atom stereocenters. The van der Waals surface area contributed by atoms with Gasteiger partial charge in [0.1, 0.15) is 17.0 Å². The van der Waals surface area contributed by atoms with E-state index in [0.717, 1.165) is 50.9 Å². The molecule has 3 aliphatic carbocycles. The van der Waals surface area contributed by atoms with Gasteiger partial charge >= 0.3 is 6.18 Å². The summed E-state index contributed by atoms with van der Waals surface area (Å²) >= 11 is 0. The Bertz CT molecular complexity index is 6600. The normalized spacial score (nSPS) is 13.3. The van der Waals surface area contributed by atoms with E-state index < -0.39 is 17.0 Å². The lowest BCUT2D eigenvalue weighted by molar-refractivity contribution is -0.173. The zero-order valence-corrected chi connectivity index (χ0v) is 81.7. The molecule has 0 spiro atoms. The number of alkyl halides is 3. The van der Waals surface area contributed by atoms with Crippen molar-refractivity contribution in [2.24, 2.45) is 0 Å². The summed E-state index contributed by atoms with van der Waals surface area (Å²) in [6.07, 6.45) is 3.35. The highest BCUT2D eigenvalue weighted by atomic mass is 19.4. The van der Waals surface area contributed by atoms with Crippen molar-refractivity contribution in [2.45, 2.75) is 162 Å². The van der Waals surface area contributed by atoms with E-state index in [1.807, 2.05) is 50.2 Å². The van der Waals surface area contributed by atoms with Crippen molar-refractivity contribution in [3.05, 3.63) is 615 Å². The predicted molar refractivity (Wildman–Crippen MR) is 567 cm³/mol. The summed E-state index contributed by atoms with van der Waals surface area (Å²) in [6.45, 7) is 25.6. The largest absolute Gasteiger partial charge is 0.402 e. The maximum Gasteiger partial charge on any atom is 0.402 e. The van der Waals surface area contributed by atoms with Crippen LogP contribution in [0.3, 0.4) is 0 Å². The standard InChI is InChI=1S/C27H20F2.C27H22.C27H24.C20H24.C17H17F3.C15H16/c1-17-11-13-19(15-25(17)28)27(20-14-12-18(2)26(29)16-20)23-9-5-3-7-21(23)22-8-4-6-10-24(22)27;1-19-11-15-21(16-12-19)27(22-17-13-20(2)14-18-22)25-9-5-3-7-23(25)24-8-4-6-10-26(24)27;1-21-13-17-25(18-14-21)27(23-9-5-3-6-10-23,24-11-7-4-8-12-24)26-19-15-22(2)16-20-26;1-16-6-10-18(11-7-16)20(14-4-3-5-15-20)19-12-8-17(2)9-13-19;1-12-4-8-14(9-5-12)16(3,17(18,19)20)15-10-6-13(2)7-11-15;1-12-3-7-14(8-4-12)11-15-9-5-13(2)6-10-15/h3-16H,1-2H3;3-18H,1-2H3;3-20H,1-2H3;6-13H,3-5,14-15H2,1-2H3;4-11H,1-3H3;3-10H,11H2,1-2H3. The molecular weight excluding hydrogens is 1690 g/mol. The highest BCUT2D eigenvalue weighted by molar-refractivity contribution is 5.88. The lowest BCUT2D eigenvalue weighted by Gasteiger charge is -2.38. The number of benzene rings is 18. The number of hydrogen-bond acceptors (Lipinski definition) is 0. The molecule has 3 aliphatic rings. The van der Waals surface area contributed by atoms with E-state index in [1.54, 1.807) is 86.6 Å². The molecule has 18 aromatic rings. The molecule has 1 fully saturated rings. The number of rotatable bonds is 14. The molecule has 0 radical (unpaired) electrons. The van der Waals surface area contributed by atoms with E-state index in [1.165, 1.54) is 161 Å². The molecule has 0 bridgehead atoms. The van der Waals surface area contributed by atoms with Gasteiger partial charge in [-0.2, -0.15) is 13.2 Å². The van der Waals surface area contributed by atoms with Gasteiger partial charge in [0.15, 0.2) is 0 Å². The van der Waals surface area contributed by atoms with Crippen LogP contribution in [0.2, 0.25) is 0 Å². The first-order valence-electron chi connectivity index (χ1n) is 48.4. The Balaban J connectivity index is 0.000000121. The third kappa shape index (κ3) is 19.8. The van der Waals surface area contributed by atoms with Crippen LogP contribution in [0.25, 0.3) is 22.3 Å². The van der Waals surface area contributed by atoms with Gasteiger partial charge in [0.25, 0.3) is 0 Å². The van der Waals surface area contributed by atoms with Gasteiger partial charge in [-0.05, 0) is 255 Å². The van der Waals surface area contributed by atoms with Crippen molar-refractivity contribution in [2.75, 3.05) is 0 Å². The van der Waals surface area contributed by atoms with Gasteiger partial charge in [-0.3, -0.25) is 0 Å². The van der Waals surface area contributed by atoms with Gasteiger partial charge in [0, 0.05) is 5.41 Å². The van der Waals surface area contributed by atoms with Crippen LogP contribution in [-0.2, 0) is 33.5 Å². The van der Waals surface area contributed by atoms with Crippen LogP contribution < -0.4 is 0 Å². The van der Waals surface area contributed by atoms with Gasteiger partial charge in [0.05, 0.1) is 16.2 Å². The van der Waals surface area contributed by atoms with Crippen LogP contribution in [-0.4, -0.2) is 6.18 Å². The smallest absolute Gasteiger partial charge is 0.207 e. The Kier molecular flexibility index (Phi) is 29.5. The molecule has 0 heterocycles. The topological polar surface area (TPSA) is 0 Å². The third-order valence-electron chi connectivity index (χ3n) is 28.9. The highest BCUT2D eigenvalue weighted by Gasteiger charge is 2.54. The Labute approximate surface area is 815 Å². The molecule has 0 unspecified atom stereocenters. The highest BCUT2D eigenvalue weighted by Crippen LogP contribution is 2.59. The molecule has 5 heteroatoms. The summed E-state index contributed by atoms with van der Waals surface area (Å²) < 4.78 is 70.5. The van der Waals surface area contributed by atoms with Gasteiger partial charge in [-0.1, -0.05) is 500 Å². The fourth-order valence-corrected chi connectivity index (χ4v) is 20.9. The molecule has 18 aromatic carbocycles. The van der Waals surface area contributed by atoms with Crippen LogP contribution in [0.1, 0.15) is 206 Å². The van der Waals surface area contributed by atoms with Gasteiger partial charge in [-0.15, -0.1) is 0 Å². The second-order valence-electron chi connectivity index (χ2n) is 38.4. The van der Waals surface area contributed by atoms with E-state index in [2.05, 4.69) is 383 Å². The maximum atomic E-state index is 14.7. The van der Waals surface area contributed by atoms with Crippen LogP contribution in [0.4, 0.5) is 22.0 Å². The summed E-state index contributed by atoms with van der Waals surface area (Å²) in [5.41, 5.74) is 35.9. The average Bonchev–Trinajstić information content (AvgIpc) is 1.23. The molecule has 0 amide bonds. The number of halogens is 5. The molecule has 690 valence electrons. The van der Waals surface area contributed by atoms with Gasteiger partial charge in [0.2, 0.25) is 0 Å². The maximum absolute atomic E-state index is 14.7. The van der Waals surface area contributed by atoms with Crippen molar-refractivity contribution in [3.63, 3.8) is 0 Å². The van der Waals surface area contributed by atoms with Crippen LogP contribution >= 0.6 is 0 Å². The minimum Gasteiger partial charge on any atom is -0.207 e. The monoisotopic (exact) mass is 1810 g/mol. The second kappa shape index (κ2) is 42.1. The summed E-state index contributed by atoms with van der Waals surface area (Å²) in [7, 11) is 0. The molecule has 1 saturated carbocycles. The minimum atomic E-state index is -4.35. The van der Waals surface area contributed by atoms with Gasteiger partial charge < -0.3 is 0 Å². The molecule has 0 saturated heterocycles. The molecule has 138 heavy (non-hydrogen) atoms. The molecule has 0 aliphatic heterocycles. The van der Waals surface area contributed by atoms with Crippen molar-refractivity contribution in [1.82, 2.24) is 0 Å². The number of hydrogen-bond donors (Lipinski definition) is 0.